The minimum atomic E-state index is -0.157. The van der Waals surface area contributed by atoms with Gasteiger partial charge in [0.15, 0.2) is 5.82 Å². The van der Waals surface area contributed by atoms with Crippen LogP contribution in [0.3, 0.4) is 0 Å². The Bertz CT molecular complexity index is 944. The normalized spacial score (nSPS) is 19.0. The van der Waals surface area contributed by atoms with Gasteiger partial charge in [-0.25, -0.2) is 4.98 Å². The molecule has 166 valence electrons. The largest absolute Gasteiger partial charge is 0.495 e. The summed E-state index contributed by atoms with van der Waals surface area (Å²) in [6.07, 6.45) is 6.92. The summed E-state index contributed by atoms with van der Waals surface area (Å²) in [7, 11) is 5.31. The minimum Gasteiger partial charge on any atom is -0.495 e. The molecule has 1 fully saturated rings. The van der Waals surface area contributed by atoms with Crippen molar-refractivity contribution in [1.82, 2.24) is 15.3 Å². The highest BCUT2D eigenvalue weighted by molar-refractivity contribution is 5.95. The monoisotopic (exact) mass is 424 g/mol. The fourth-order valence-electron chi connectivity index (χ4n) is 4.69. The van der Waals surface area contributed by atoms with Crippen LogP contribution in [0.4, 0.5) is 23.1 Å². The summed E-state index contributed by atoms with van der Waals surface area (Å²) in [5.41, 5.74) is 2.33. The Labute approximate surface area is 184 Å². The van der Waals surface area contributed by atoms with E-state index in [4.69, 9.17) is 9.72 Å². The number of nitrogens with zero attached hydrogens (tertiary/aromatic N) is 4. The number of fused-ring (bicyclic) bond motifs is 1. The third kappa shape index (κ3) is 4.38. The van der Waals surface area contributed by atoms with E-state index in [0.29, 0.717) is 29.2 Å². The number of nitrogens with one attached hydrogen (secondary N) is 2. The molecule has 1 saturated carbocycles. The number of rotatable bonds is 5. The molecular formula is C23H32N6O2. The van der Waals surface area contributed by atoms with Crippen molar-refractivity contribution in [3.8, 4) is 5.75 Å². The molecule has 1 unspecified atom stereocenters. The molecular weight excluding hydrogens is 392 g/mol. The van der Waals surface area contributed by atoms with Gasteiger partial charge in [-0.1, -0.05) is 19.8 Å². The van der Waals surface area contributed by atoms with Crippen LogP contribution >= 0.6 is 0 Å². The molecule has 1 aromatic heterocycles. The van der Waals surface area contributed by atoms with Crippen molar-refractivity contribution in [2.75, 3.05) is 49.4 Å². The van der Waals surface area contributed by atoms with Gasteiger partial charge in [0.1, 0.15) is 5.75 Å². The van der Waals surface area contributed by atoms with Gasteiger partial charge in [0, 0.05) is 38.8 Å². The minimum absolute atomic E-state index is 0.157. The third-order valence-corrected chi connectivity index (χ3v) is 6.23. The zero-order valence-corrected chi connectivity index (χ0v) is 18.8. The van der Waals surface area contributed by atoms with E-state index < -0.39 is 0 Å². The Kier molecular flexibility index (Phi) is 6.15. The van der Waals surface area contributed by atoms with Gasteiger partial charge in [-0.3, -0.25) is 4.79 Å². The summed E-state index contributed by atoms with van der Waals surface area (Å²) < 4.78 is 5.50. The molecule has 1 amide bonds. The molecule has 4 rings (SSSR count). The first kappa shape index (κ1) is 21.2. The van der Waals surface area contributed by atoms with E-state index in [2.05, 4.69) is 39.4 Å². The van der Waals surface area contributed by atoms with Gasteiger partial charge in [0.25, 0.3) is 5.91 Å². The SMILES string of the molecule is CNC(=O)c1ccc(Nc2ncc3c(n2)N(C2CCCC2)CC(C)CN3C)c(OC)c1. The van der Waals surface area contributed by atoms with E-state index in [1.54, 1.807) is 26.3 Å². The number of benzene rings is 1. The lowest BCUT2D eigenvalue weighted by molar-refractivity contribution is 0.0963. The van der Waals surface area contributed by atoms with Crippen molar-refractivity contribution in [3.63, 3.8) is 0 Å². The number of methoxy groups -OCH3 is 1. The van der Waals surface area contributed by atoms with Crippen molar-refractivity contribution < 1.29 is 9.53 Å². The number of aromatic nitrogens is 2. The average Bonchev–Trinajstić information content (AvgIpc) is 3.27. The molecule has 1 aromatic carbocycles. The lowest BCUT2D eigenvalue weighted by atomic mass is 10.1. The van der Waals surface area contributed by atoms with Crippen LogP contribution in [0.5, 0.6) is 5.75 Å². The highest BCUT2D eigenvalue weighted by Crippen LogP contribution is 2.37. The van der Waals surface area contributed by atoms with Gasteiger partial charge >= 0.3 is 0 Å². The second-order valence-corrected chi connectivity index (χ2v) is 8.60. The molecule has 0 radical (unpaired) electrons. The van der Waals surface area contributed by atoms with Crippen LogP contribution in [0.2, 0.25) is 0 Å². The van der Waals surface area contributed by atoms with Crippen molar-refractivity contribution in [2.24, 2.45) is 5.92 Å². The fourth-order valence-corrected chi connectivity index (χ4v) is 4.69. The van der Waals surface area contributed by atoms with Crippen LogP contribution in [0.15, 0.2) is 24.4 Å². The van der Waals surface area contributed by atoms with Gasteiger partial charge in [-0.15, -0.1) is 0 Å². The number of anilines is 4. The maximum atomic E-state index is 11.9. The number of carbonyl (C=O) groups is 1. The first-order chi connectivity index (χ1) is 15.0. The molecule has 1 aliphatic heterocycles. The molecule has 2 N–H and O–H groups in total. The quantitative estimate of drug-likeness (QED) is 0.761. The number of ether oxygens (including phenoxy) is 1. The smallest absolute Gasteiger partial charge is 0.251 e. The molecule has 2 aliphatic rings. The van der Waals surface area contributed by atoms with Gasteiger partial charge in [-0.05, 0) is 37.0 Å². The maximum absolute atomic E-state index is 11.9. The fraction of sp³-hybridized carbons (Fsp3) is 0.522. The van der Waals surface area contributed by atoms with Crippen molar-refractivity contribution in [3.05, 3.63) is 30.0 Å². The maximum Gasteiger partial charge on any atom is 0.251 e. The van der Waals surface area contributed by atoms with E-state index in [9.17, 15) is 4.79 Å². The second kappa shape index (κ2) is 8.99. The third-order valence-electron chi connectivity index (χ3n) is 6.23. The van der Waals surface area contributed by atoms with Crippen LogP contribution in [0.1, 0.15) is 43.0 Å². The van der Waals surface area contributed by atoms with Crippen LogP contribution in [0, 0.1) is 5.92 Å². The zero-order chi connectivity index (χ0) is 22.0. The predicted molar refractivity (Wildman–Crippen MR) is 124 cm³/mol. The Hall–Kier alpha value is -3.03. The summed E-state index contributed by atoms with van der Waals surface area (Å²) >= 11 is 0. The first-order valence-electron chi connectivity index (χ1n) is 11.0. The Morgan fingerprint density at radius 1 is 1.23 bits per heavy atom. The van der Waals surface area contributed by atoms with Gasteiger partial charge < -0.3 is 25.2 Å². The second-order valence-electron chi connectivity index (χ2n) is 8.60. The molecule has 8 nitrogen and oxygen atoms in total. The lowest BCUT2D eigenvalue weighted by Crippen LogP contribution is -2.37. The number of amides is 1. The highest BCUT2D eigenvalue weighted by Gasteiger charge is 2.31. The first-order valence-corrected chi connectivity index (χ1v) is 11.0. The summed E-state index contributed by atoms with van der Waals surface area (Å²) in [4.78, 5) is 26.2. The van der Waals surface area contributed by atoms with Gasteiger partial charge in [0.05, 0.1) is 24.7 Å². The van der Waals surface area contributed by atoms with Crippen LogP contribution < -0.4 is 25.2 Å². The van der Waals surface area contributed by atoms with Crippen molar-refractivity contribution in [1.29, 1.82) is 0 Å². The zero-order valence-electron chi connectivity index (χ0n) is 18.8. The van der Waals surface area contributed by atoms with E-state index in [-0.39, 0.29) is 5.91 Å². The topological polar surface area (TPSA) is 82.6 Å². The van der Waals surface area contributed by atoms with Crippen molar-refractivity contribution in [2.45, 2.75) is 38.6 Å². The standard InChI is InChI=1S/C23H32N6O2/c1-15-13-28(3)19-12-25-23(27-21(19)29(14-15)17-7-5-6-8-17)26-18-10-9-16(22(30)24-2)11-20(18)31-4/h9-12,15,17H,5-8,13-14H2,1-4H3,(H,24,30)(H,25,26,27). The summed E-state index contributed by atoms with van der Waals surface area (Å²) in [6.45, 7) is 4.29. The van der Waals surface area contributed by atoms with Gasteiger partial charge in [0.2, 0.25) is 5.95 Å². The van der Waals surface area contributed by atoms with Gasteiger partial charge in [-0.2, -0.15) is 4.98 Å². The van der Waals surface area contributed by atoms with Crippen LogP contribution in [-0.4, -0.2) is 56.2 Å². The Balaban J connectivity index is 1.67. The van der Waals surface area contributed by atoms with Crippen LogP contribution in [0.25, 0.3) is 0 Å². The van der Waals surface area contributed by atoms with E-state index >= 15 is 0 Å². The van der Waals surface area contributed by atoms with Crippen LogP contribution in [-0.2, 0) is 0 Å². The molecule has 31 heavy (non-hydrogen) atoms. The molecule has 2 aromatic rings. The van der Waals surface area contributed by atoms with E-state index in [1.165, 1.54) is 25.7 Å². The molecule has 0 spiro atoms. The summed E-state index contributed by atoms with van der Waals surface area (Å²) in [6, 6.07) is 5.83. The number of hydrogen-bond acceptors (Lipinski definition) is 7. The van der Waals surface area contributed by atoms with E-state index in [0.717, 1.165) is 30.3 Å². The Morgan fingerprint density at radius 2 is 2.00 bits per heavy atom. The lowest BCUT2D eigenvalue weighted by Gasteiger charge is -2.31. The Morgan fingerprint density at radius 3 is 2.71 bits per heavy atom. The van der Waals surface area contributed by atoms with E-state index in [1.807, 2.05) is 12.3 Å². The molecule has 2 heterocycles. The summed E-state index contributed by atoms with van der Waals surface area (Å²) in [5.74, 6) is 2.48. The molecule has 1 atom stereocenters. The number of carbonyl (C=O) groups excluding carboxylic acids is 1. The molecule has 8 heteroatoms. The molecule has 0 bridgehead atoms. The van der Waals surface area contributed by atoms with Crippen molar-refractivity contribution >= 4 is 29.0 Å². The molecule has 1 aliphatic carbocycles. The summed E-state index contributed by atoms with van der Waals surface area (Å²) in [5, 5.41) is 5.92. The average molecular weight is 425 g/mol. The number of hydrogen-bond donors (Lipinski definition) is 2. The predicted octanol–water partition coefficient (Wildman–Crippen LogP) is 3.42. The molecule has 0 saturated heterocycles. The highest BCUT2D eigenvalue weighted by atomic mass is 16.5.